The van der Waals surface area contributed by atoms with E-state index in [2.05, 4.69) is 32.6 Å². The minimum Gasteiger partial charge on any atom is -0.486 e. The van der Waals surface area contributed by atoms with Crippen LogP contribution < -0.4 is 9.64 Å². The zero-order chi connectivity index (χ0) is 14.8. The van der Waals surface area contributed by atoms with Crippen molar-refractivity contribution >= 4 is 5.69 Å². The second kappa shape index (κ2) is 9.65. The van der Waals surface area contributed by atoms with Crippen LogP contribution in [0.1, 0.15) is 48.0 Å². The summed E-state index contributed by atoms with van der Waals surface area (Å²) in [5.74, 6) is 0.125. The summed E-state index contributed by atoms with van der Waals surface area (Å²) < 4.78 is 18.7. The largest absolute Gasteiger partial charge is 0.486 e. The molecule has 0 bridgehead atoms. The van der Waals surface area contributed by atoms with Gasteiger partial charge in [0, 0.05) is 6.04 Å². The highest BCUT2D eigenvalue weighted by molar-refractivity contribution is 5.60. The molecule has 0 aliphatic carbocycles. The maximum absolute atomic E-state index is 13.4. The van der Waals surface area contributed by atoms with Crippen molar-refractivity contribution in [3.05, 3.63) is 24.0 Å². The van der Waals surface area contributed by atoms with Gasteiger partial charge < -0.3 is 9.64 Å². The number of fused-ring (bicyclic) bond motifs is 1. The lowest BCUT2D eigenvalue weighted by Gasteiger charge is -2.34. The van der Waals surface area contributed by atoms with Gasteiger partial charge in [0.1, 0.15) is 6.61 Å². The van der Waals surface area contributed by atoms with Crippen molar-refractivity contribution in [1.29, 1.82) is 0 Å². The smallest absolute Gasteiger partial charge is 0.178 e. The fraction of sp³-hybridized carbons (Fsp3) is 0.625. The average Bonchev–Trinajstić information content (AvgIpc) is 2.42. The van der Waals surface area contributed by atoms with Crippen molar-refractivity contribution in [2.24, 2.45) is 0 Å². The molecule has 110 valence electrons. The molecule has 0 aromatic heterocycles. The van der Waals surface area contributed by atoms with Crippen molar-refractivity contribution < 1.29 is 9.13 Å². The summed E-state index contributed by atoms with van der Waals surface area (Å²) in [7, 11) is 0. The van der Waals surface area contributed by atoms with E-state index in [4.69, 9.17) is 4.74 Å². The normalized spacial score (nSPS) is 12.5. The highest BCUT2D eigenvalue weighted by atomic mass is 19.1. The second-order valence-corrected chi connectivity index (χ2v) is 4.43. The van der Waals surface area contributed by atoms with Gasteiger partial charge in [0.15, 0.2) is 11.6 Å². The van der Waals surface area contributed by atoms with Gasteiger partial charge in [-0.15, -0.1) is 0 Å². The Morgan fingerprint density at radius 3 is 2.37 bits per heavy atom. The predicted molar refractivity (Wildman–Crippen MR) is 81.7 cm³/mol. The van der Waals surface area contributed by atoms with Gasteiger partial charge in [0.2, 0.25) is 0 Å². The third-order valence-electron chi connectivity index (χ3n) is 2.46. The molecule has 1 aromatic carbocycles. The van der Waals surface area contributed by atoms with Gasteiger partial charge in [0.05, 0.1) is 12.2 Å². The van der Waals surface area contributed by atoms with E-state index in [1.54, 1.807) is 6.07 Å². The Kier molecular flexibility index (Phi) is 9.02. The Morgan fingerprint density at radius 2 is 1.84 bits per heavy atom. The molecule has 2 rings (SSSR count). The number of rotatable bonds is 1. The lowest BCUT2D eigenvalue weighted by molar-refractivity contribution is 0.287. The number of hydrogen-bond donors (Lipinski definition) is 0. The van der Waals surface area contributed by atoms with Crippen molar-refractivity contribution in [2.45, 2.75) is 54.0 Å². The first-order valence-corrected chi connectivity index (χ1v) is 7.29. The van der Waals surface area contributed by atoms with Crippen molar-refractivity contribution in [3.8, 4) is 5.75 Å². The minimum atomic E-state index is -0.271. The standard InChI is InChI=1S/C11H14FNO.C3H8.C2H6/c1-8(2)13-6-7-14-11-9(12)4-3-5-10(11)13;1-3-2;1-2/h3-5,8H,6-7H2,1-2H3;3H2,1-2H3;1-2H3. The summed E-state index contributed by atoms with van der Waals surface area (Å²) in [6, 6.07) is 5.43. The number of ether oxygens (including phenoxy) is 1. The molecule has 19 heavy (non-hydrogen) atoms. The van der Waals surface area contributed by atoms with Crippen LogP contribution in [0.4, 0.5) is 10.1 Å². The van der Waals surface area contributed by atoms with E-state index < -0.39 is 0 Å². The second-order valence-electron chi connectivity index (χ2n) is 4.43. The maximum atomic E-state index is 13.4. The monoisotopic (exact) mass is 269 g/mol. The SMILES string of the molecule is CC.CC(C)N1CCOc2c(F)cccc21.CCC. The highest BCUT2D eigenvalue weighted by Crippen LogP contribution is 2.34. The Labute approximate surface area is 117 Å². The summed E-state index contributed by atoms with van der Waals surface area (Å²) in [6.07, 6.45) is 1.25. The highest BCUT2D eigenvalue weighted by Gasteiger charge is 2.22. The fourth-order valence-electron chi connectivity index (χ4n) is 1.77. The van der Waals surface area contributed by atoms with E-state index in [0.29, 0.717) is 18.4 Å². The fourth-order valence-corrected chi connectivity index (χ4v) is 1.77. The molecule has 1 aromatic rings. The third kappa shape index (κ3) is 5.09. The van der Waals surface area contributed by atoms with E-state index in [1.165, 1.54) is 12.5 Å². The van der Waals surface area contributed by atoms with Crippen molar-refractivity contribution in [1.82, 2.24) is 0 Å². The Bertz CT molecular complexity index is 353. The van der Waals surface area contributed by atoms with Gasteiger partial charge in [-0.05, 0) is 26.0 Å². The van der Waals surface area contributed by atoms with E-state index in [0.717, 1.165) is 12.2 Å². The lowest BCUT2D eigenvalue weighted by Crippen LogP contribution is -2.38. The Balaban J connectivity index is 0.000000573. The molecule has 0 radical (unpaired) electrons. The molecule has 0 spiro atoms. The van der Waals surface area contributed by atoms with Crippen LogP contribution in [0.25, 0.3) is 0 Å². The van der Waals surface area contributed by atoms with Crippen molar-refractivity contribution in [3.63, 3.8) is 0 Å². The third-order valence-corrected chi connectivity index (χ3v) is 2.46. The van der Waals surface area contributed by atoms with Crippen LogP contribution >= 0.6 is 0 Å². The zero-order valence-corrected chi connectivity index (χ0v) is 13.2. The van der Waals surface area contributed by atoms with E-state index in [1.807, 2.05) is 19.9 Å². The molecule has 1 aliphatic rings. The molecule has 0 amide bonds. The van der Waals surface area contributed by atoms with Crippen LogP contribution in [0.2, 0.25) is 0 Å². The van der Waals surface area contributed by atoms with Crippen molar-refractivity contribution in [2.75, 3.05) is 18.1 Å². The number of para-hydroxylation sites is 1. The molecule has 0 atom stereocenters. The number of hydrogen-bond acceptors (Lipinski definition) is 2. The van der Waals surface area contributed by atoms with Crippen LogP contribution in [0, 0.1) is 5.82 Å². The van der Waals surface area contributed by atoms with Crippen LogP contribution in [-0.4, -0.2) is 19.2 Å². The molecule has 2 nitrogen and oxygen atoms in total. The summed E-state index contributed by atoms with van der Waals surface area (Å²) in [5.41, 5.74) is 0.867. The number of nitrogens with zero attached hydrogens (tertiary/aromatic N) is 1. The molecule has 0 unspecified atom stereocenters. The van der Waals surface area contributed by atoms with Gasteiger partial charge in [-0.25, -0.2) is 4.39 Å². The maximum Gasteiger partial charge on any atom is 0.178 e. The Hall–Kier alpha value is -1.25. The summed E-state index contributed by atoms with van der Waals surface area (Å²) in [5, 5.41) is 0. The summed E-state index contributed by atoms with van der Waals surface area (Å²) in [6.45, 7) is 13.8. The van der Waals surface area contributed by atoms with Crippen LogP contribution in [0.15, 0.2) is 18.2 Å². The average molecular weight is 269 g/mol. The molecular weight excluding hydrogens is 241 g/mol. The summed E-state index contributed by atoms with van der Waals surface area (Å²) in [4.78, 5) is 2.15. The van der Waals surface area contributed by atoms with Gasteiger partial charge in [-0.1, -0.05) is 40.2 Å². The molecule has 1 heterocycles. The Morgan fingerprint density at radius 1 is 1.26 bits per heavy atom. The molecule has 0 saturated carbocycles. The van der Waals surface area contributed by atoms with E-state index in [-0.39, 0.29) is 5.82 Å². The molecule has 0 saturated heterocycles. The zero-order valence-electron chi connectivity index (χ0n) is 13.2. The topological polar surface area (TPSA) is 12.5 Å². The van der Waals surface area contributed by atoms with Gasteiger partial charge in [0.25, 0.3) is 0 Å². The van der Waals surface area contributed by atoms with E-state index in [9.17, 15) is 4.39 Å². The van der Waals surface area contributed by atoms with Crippen LogP contribution in [0.3, 0.4) is 0 Å². The first-order chi connectivity index (χ1) is 9.11. The first-order valence-electron chi connectivity index (χ1n) is 7.29. The van der Waals surface area contributed by atoms with Gasteiger partial charge in [-0.3, -0.25) is 0 Å². The molecule has 1 aliphatic heterocycles. The quantitative estimate of drug-likeness (QED) is 0.720. The molecule has 0 N–H and O–H groups in total. The number of halogens is 1. The minimum absolute atomic E-state index is 0.271. The predicted octanol–water partition coefficient (Wildman–Crippen LogP) is 4.88. The van der Waals surface area contributed by atoms with E-state index >= 15 is 0 Å². The number of anilines is 1. The number of benzene rings is 1. The van der Waals surface area contributed by atoms with Crippen LogP contribution in [0.5, 0.6) is 5.75 Å². The summed E-state index contributed by atoms with van der Waals surface area (Å²) >= 11 is 0. The van der Waals surface area contributed by atoms with Crippen LogP contribution in [-0.2, 0) is 0 Å². The molecule has 3 heteroatoms. The lowest BCUT2D eigenvalue weighted by atomic mass is 10.2. The molecular formula is C16H28FNO. The van der Waals surface area contributed by atoms with Gasteiger partial charge in [-0.2, -0.15) is 0 Å². The first kappa shape index (κ1) is 17.8. The van der Waals surface area contributed by atoms with Gasteiger partial charge >= 0.3 is 0 Å². The molecule has 0 fully saturated rings.